The maximum absolute atomic E-state index is 11.8. The molecule has 1 atom stereocenters. The smallest absolute Gasteiger partial charge is 0.230 e. The van der Waals surface area contributed by atoms with Gasteiger partial charge in [-0.2, -0.15) is 0 Å². The standard InChI is InChI=1S/C14H15ClN2O2S2/c15-9-3-4-12-11(6-9)17-14(21-12)20-8-13(18)16-7-10-2-1-5-19-10/h3-4,6,10H,1-2,5,7-8H2,(H,16,18)/t10-/m1/s1. The molecule has 0 bridgehead atoms. The van der Waals surface area contributed by atoms with Gasteiger partial charge in [-0.1, -0.05) is 23.4 Å². The van der Waals surface area contributed by atoms with Gasteiger partial charge in [0.25, 0.3) is 0 Å². The lowest BCUT2D eigenvalue weighted by Gasteiger charge is -2.09. The molecule has 1 aromatic carbocycles. The summed E-state index contributed by atoms with van der Waals surface area (Å²) in [6.45, 7) is 1.42. The van der Waals surface area contributed by atoms with Crippen LogP contribution in [-0.4, -0.2) is 35.9 Å². The molecule has 0 spiro atoms. The highest BCUT2D eigenvalue weighted by Crippen LogP contribution is 2.30. The number of aromatic nitrogens is 1. The van der Waals surface area contributed by atoms with Crippen LogP contribution in [0.1, 0.15) is 12.8 Å². The van der Waals surface area contributed by atoms with Crippen molar-refractivity contribution in [2.75, 3.05) is 18.9 Å². The van der Waals surface area contributed by atoms with Gasteiger partial charge in [-0.15, -0.1) is 11.3 Å². The summed E-state index contributed by atoms with van der Waals surface area (Å²) in [6, 6.07) is 5.65. The van der Waals surface area contributed by atoms with Crippen LogP contribution >= 0.6 is 34.7 Å². The zero-order chi connectivity index (χ0) is 14.7. The van der Waals surface area contributed by atoms with E-state index >= 15 is 0 Å². The van der Waals surface area contributed by atoms with Gasteiger partial charge in [0.2, 0.25) is 5.91 Å². The number of carbonyl (C=O) groups excluding carboxylic acids is 1. The summed E-state index contributed by atoms with van der Waals surface area (Å²) in [5, 5.41) is 3.59. The van der Waals surface area contributed by atoms with Gasteiger partial charge >= 0.3 is 0 Å². The average molecular weight is 343 g/mol. The van der Waals surface area contributed by atoms with Gasteiger partial charge in [0, 0.05) is 18.2 Å². The molecule has 2 heterocycles. The predicted octanol–water partition coefficient (Wildman–Crippen LogP) is 3.34. The third kappa shape index (κ3) is 4.10. The Labute approximate surface area is 136 Å². The molecule has 1 aliphatic rings. The Hall–Kier alpha value is -0.820. The molecule has 1 aliphatic heterocycles. The number of hydrogen-bond donors (Lipinski definition) is 1. The van der Waals surface area contributed by atoms with E-state index in [1.807, 2.05) is 18.2 Å². The number of ether oxygens (including phenoxy) is 1. The molecule has 1 fully saturated rings. The quantitative estimate of drug-likeness (QED) is 0.847. The summed E-state index contributed by atoms with van der Waals surface area (Å²) in [7, 11) is 0. The third-order valence-corrected chi connectivity index (χ3v) is 5.62. The number of fused-ring (bicyclic) bond motifs is 1. The van der Waals surface area contributed by atoms with E-state index in [2.05, 4.69) is 10.3 Å². The maximum atomic E-state index is 11.8. The lowest BCUT2D eigenvalue weighted by Crippen LogP contribution is -2.32. The summed E-state index contributed by atoms with van der Waals surface area (Å²) < 4.78 is 7.45. The lowest BCUT2D eigenvalue weighted by atomic mass is 10.2. The van der Waals surface area contributed by atoms with Gasteiger partial charge in [-0.05, 0) is 31.0 Å². The van der Waals surface area contributed by atoms with E-state index in [1.165, 1.54) is 11.8 Å². The van der Waals surface area contributed by atoms with Crippen LogP contribution < -0.4 is 5.32 Å². The van der Waals surface area contributed by atoms with Crippen molar-refractivity contribution in [2.45, 2.75) is 23.3 Å². The fourth-order valence-corrected chi connectivity index (χ4v) is 4.20. The van der Waals surface area contributed by atoms with Crippen LogP contribution in [0.4, 0.5) is 0 Å². The SMILES string of the molecule is O=C(CSc1nc2cc(Cl)ccc2s1)NC[C@H]1CCCO1. The number of nitrogens with one attached hydrogen (secondary N) is 1. The van der Waals surface area contributed by atoms with Crippen molar-refractivity contribution >= 4 is 50.8 Å². The molecule has 0 radical (unpaired) electrons. The minimum Gasteiger partial charge on any atom is -0.376 e. The Morgan fingerprint density at radius 1 is 1.57 bits per heavy atom. The predicted molar refractivity (Wildman–Crippen MR) is 87.3 cm³/mol. The van der Waals surface area contributed by atoms with Gasteiger partial charge in [0.1, 0.15) is 0 Å². The van der Waals surface area contributed by atoms with E-state index in [4.69, 9.17) is 16.3 Å². The molecule has 21 heavy (non-hydrogen) atoms. The number of carbonyl (C=O) groups is 1. The number of amides is 1. The second-order valence-corrected chi connectivity index (χ2v) is 7.51. The highest BCUT2D eigenvalue weighted by atomic mass is 35.5. The van der Waals surface area contributed by atoms with Crippen LogP contribution in [0.5, 0.6) is 0 Å². The largest absolute Gasteiger partial charge is 0.376 e. The number of thioether (sulfide) groups is 1. The molecule has 1 N–H and O–H groups in total. The Balaban J connectivity index is 1.49. The van der Waals surface area contributed by atoms with E-state index in [1.54, 1.807) is 11.3 Å². The third-order valence-electron chi connectivity index (χ3n) is 3.21. The Morgan fingerprint density at radius 2 is 2.48 bits per heavy atom. The molecule has 0 unspecified atom stereocenters. The van der Waals surface area contributed by atoms with Crippen molar-refractivity contribution in [1.82, 2.24) is 10.3 Å². The second kappa shape index (κ2) is 6.96. The maximum Gasteiger partial charge on any atom is 0.230 e. The first-order chi connectivity index (χ1) is 10.2. The van der Waals surface area contributed by atoms with Crippen molar-refractivity contribution in [3.8, 4) is 0 Å². The van der Waals surface area contributed by atoms with Gasteiger partial charge < -0.3 is 10.1 Å². The van der Waals surface area contributed by atoms with Gasteiger partial charge in [-0.25, -0.2) is 4.98 Å². The van der Waals surface area contributed by atoms with E-state index in [0.29, 0.717) is 17.3 Å². The van der Waals surface area contributed by atoms with E-state index < -0.39 is 0 Å². The average Bonchev–Trinajstić information content (AvgIpc) is 3.11. The monoisotopic (exact) mass is 342 g/mol. The summed E-state index contributed by atoms with van der Waals surface area (Å²) in [5.41, 5.74) is 0.884. The highest BCUT2D eigenvalue weighted by molar-refractivity contribution is 8.01. The van der Waals surface area contributed by atoms with Gasteiger partial charge in [-0.3, -0.25) is 4.79 Å². The summed E-state index contributed by atoms with van der Waals surface area (Å²) in [5.74, 6) is 0.396. The van der Waals surface area contributed by atoms with Crippen molar-refractivity contribution in [3.05, 3.63) is 23.2 Å². The molecule has 7 heteroatoms. The fourth-order valence-electron chi connectivity index (χ4n) is 2.15. The Morgan fingerprint density at radius 3 is 3.29 bits per heavy atom. The molecule has 0 aliphatic carbocycles. The van der Waals surface area contributed by atoms with Crippen molar-refractivity contribution < 1.29 is 9.53 Å². The summed E-state index contributed by atoms with van der Waals surface area (Å²) in [6.07, 6.45) is 2.30. The Bertz CT molecular complexity index is 641. The van der Waals surface area contributed by atoms with Crippen LogP contribution in [-0.2, 0) is 9.53 Å². The first-order valence-corrected chi connectivity index (χ1v) is 8.96. The number of rotatable bonds is 5. The molecule has 1 amide bonds. The molecule has 3 rings (SSSR count). The molecule has 1 saturated heterocycles. The second-order valence-electron chi connectivity index (χ2n) is 4.82. The normalized spacial score (nSPS) is 18.2. The lowest BCUT2D eigenvalue weighted by molar-refractivity contribution is -0.119. The zero-order valence-electron chi connectivity index (χ0n) is 11.3. The van der Waals surface area contributed by atoms with Crippen LogP contribution in [0.15, 0.2) is 22.5 Å². The fraction of sp³-hybridized carbons (Fsp3) is 0.429. The molecular weight excluding hydrogens is 328 g/mol. The van der Waals surface area contributed by atoms with E-state index in [0.717, 1.165) is 34.0 Å². The molecular formula is C14H15ClN2O2S2. The van der Waals surface area contributed by atoms with E-state index in [-0.39, 0.29) is 12.0 Å². The van der Waals surface area contributed by atoms with Gasteiger partial charge in [0.05, 0.1) is 22.1 Å². The topological polar surface area (TPSA) is 51.2 Å². The Kier molecular flexibility index (Phi) is 5.00. The molecule has 2 aromatic rings. The van der Waals surface area contributed by atoms with Crippen LogP contribution in [0, 0.1) is 0 Å². The van der Waals surface area contributed by atoms with E-state index in [9.17, 15) is 4.79 Å². The van der Waals surface area contributed by atoms with Crippen molar-refractivity contribution in [1.29, 1.82) is 0 Å². The van der Waals surface area contributed by atoms with Crippen molar-refractivity contribution in [3.63, 3.8) is 0 Å². The number of nitrogens with zero attached hydrogens (tertiary/aromatic N) is 1. The number of hydrogen-bond acceptors (Lipinski definition) is 5. The van der Waals surface area contributed by atoms with Crippen LogP contribution in [0.2, 0.25) is 5.02 Å². The van der Waals surface area contributed by atoms with Crippen LogP contribution in [0.3, 0.4) is 0 Å². The highest BCUT2D eigenvalue weighted by Gasteiger charge is 2.16. The minimum atomic E-state index is 0.0211. The number of thiazole rings is 1. The summed E-state index contributed by atoms with van der Waals surface area (Å²) >= 11 is 8.97. The van der Waals surface area contributed by atoms with Crippen molar-refractivity contribution in [2.24, 2.45) is 0 Å². The molecule has 112 valence electrons. The van der Waals surface area contributed by atoms with Gasteiger partial charge in [0.15, 0.2) is 4.34 Å². The number of halogens is 1. The molecule has 1 aromatic heterocycles. The first kappa shape index (κ1) is 15.1. The van der Waals surface area contributed by atoms with Crippen LogP contribution in [0.25, 0.3) is 10.2 Å². The molecule has 4 nitrogen and oxygen atoms in total. The molecule has 0 saturated carbocycles. The summed E-state index contributed by atoms with van der Waals surface area (Å²) in [4.78, 5) is 16.3. The minimum absolute atomic E-state index is 0.0211. The first-order valence-electron chi connectivity index (χ1n) is 6.78. The zero-order valence-corrected chi connectivity index (χ0v) is 13.7. The number of benzene rings is 1.